The van der Waals surface area contributed by atoms with Crippen LogP contribution < -0.4 is 15.5 Å². The molecule has 1 saturated heterocycles. The number of morpholine rings is 1. The zero-order valence-electron chi connectivity index (χ0n) is 19.8. The van der Waals surface area contributed by atoms with Crippen LogP contribution in [0.25, 0.3) is 10.9 Å². The highest BCUT2D eigenvalue weighted by molar-refractivity contribution is 6.35. The van der Waals surface area contributed by atoms with Crippen LogP contribution in [0.3, 0.4) is 0 Å². The van der Waals surface area contributed by atoms with Crippen molar-refractivity contribution in [3.8, 4) is 0 Å². The van der Waals surface area contributed by atoms with Crippen molar-refractivity contribution < 1.29 is 14.3 Å². The van der Waals surface area contributed by atoms with Crippen LogP contribution in [0.15, 0.2) is 54.7 Å². The lowest BCUT2D eigenvalue weighted by Gasteiger charge is -2.35. The van der Waals surface area contributed by atoms with Gasteiger partial charge in [0.05, 0.1) is 19.3 Å². The van der Waals surface area contributed by atoms with Gasteiger partial charge in [0, 0.05) is 63.1 Å². The Kier molecular flexibility index (Phi) is 7.82. The minimum absolute atomic E-state index is 0.0249. The van der Waals surface area contributed by atoms with Gasteiger partial charge in [-0.2, -0.15) is 0 Å². The van der Waals surface area contributed by atoms with Gasteiger partial charge in [0.1, 0.15) is 0 Å². The van der Waals surface area contributed by atoms with Gasteiger partial charge in [-0.25, -0.2) is 0 Å². The normalized spacial score (nSPS) is 15.1. The Balaban J connectivity index is 1.32. The molecule has 2 amide bonds. The number of rotatable bonds is 8. The van der Waals surface area contributed by atoms with Gasteiger partial charge in [-0.3, -0.25) is 14.5 Å². The van der Waals surface area contributed by atoms with Crippen LogP contribution in [0.4, 0.5) is 5.69 Å². The number of aromatic amines is 1. The van der Waals surface area contributed by atoms with Crippen LogP contribution in [0.1, 0.15) is 17.2 Å². The van der Waals surface area contributed by atoms with Crippen molar-refractivity contribution in [2.75, 3.05) is 58.4 Å². The summed E-state index contributed by atoms with van der Waals surface area (Å²) < 4.78 is 5.50. The fraction of sp³-hybridized carbons (Fsp3) is 0.385. The quantitative estimate of drug-likeness (QED) is 0.445. The molecule has 1 atom stereocenters. The van der Waals surface area contributed by atoms with E-state index in [0.717, 1.165) is 40.8 Å². The lowest BCUT2D eigenvalue weighted by Crippen LogP contribution is -2.47. The molecule has 4 rings (SSSR count). The number of H-pyrrole nitrogens is 1. The third-order valence-corrected chi connectivity index (χ3v) is 6.30. The number of anilines is 1. The molecule has 0 spiro atoms. The first-order chi connectivity index (χ1) is 16.5. The molecule has 1 unspecified atom stereocenters. The van der Waals surface area contributed by atoms with Crippen molar-refractivity contribution in [3.63, 3.8) is 0 Å². The SMILES string of the molecule is CN(C)c1ccc(C(CNC(=O)C(=O)NCCc2c[nH]c3ccccc23)N2CCOCC2)cc1. The van der Waals surface area contributed by atoms with E-state index in [9.17, 15) is 9.59 Å². The van der Waals surface area contributed by atoms with E-state index in [2.05, 4.69) is 49.7 Å². The average Bonchev–Trinajstić information content (AvgIpc) is 3.28. The maximum Gasteiger partial charge on any atom is 0.309 e. The van der Waals surface area contributed by atoms with Crippen molar-refractivity contribution in [1.82, 2.24) is 20.5 Å². The van der Waals surface area contributed by atoms with E-state index >= 15 is 0 Å². The number of aromatic nitrogens is 1. The molecule has 1 aliphatic heterocycles. The molecule has 180 valence electrons. The first kappa shape index (κ1) is 23.8. The van der Waals surface area contributed by atoms with Crippen LogP contribution in [0, 0.1) is 0 Å². The van der Waals surface area contributed by atoms with Crippen molar-refractivity contribution in [3.05, 3.63) is 65.9 Å². The van der Waals surface area contributed by atoms with Crippen molar-refractivity contribution in [2.45, 2.75) is 12.5 Å². The minimum Gasteiger partial charge on any atom is -0.379 e. The molecule has 1 aromatic heterocycles. The first-order valence-corrected chi connectivity index (χ1v) is 11.7. The smallest absolute Gasteiger partial charge is 0.309 e. The maximum atomic E-state index is 12.5. The predicted octanol–water partition coefficient (Wildman–Crippen LogP) is 2.08. The Morgan fingerprint density at radius 2 is 1.74 bits per heavy atom. The molecule has 0 aliphatic carbocycles. The minimum atomic E-state index is -0.609. The van der Waals surface area contributed by atoms with Gasteiger partial charge in [0.25, 0.3) is 0 Å². The molecule has 1 aliphatic rings. The second-order valence-corrected chi connectivity index (χ2v) is 8.73. The van der Waals surface area contributed by atoms with E-state index < -0.39 is 11.8 Å². The van der Waals surface area contributed by atoms with Gasteiger partial charge >= 0.3 is 11.8 Å². The molecule has 3 aromatic rings. The fourth-order valence-electron chi connectivity index (χ4n) is 4.34. The van der Waals surface area contributed by atoms with Crippen molar-refractivity contribution >= 4 is 28.4 Å². The summed E-state index contributed by atoms with van der Waals surface area (Å²) in [7, 11) is 4.01. The largest absolute Gasteiger partial charge is 0.379 e. The molecule has 1 fully saturated rings. The molecule has 2 aromatic carbocycles. The van der Waals surface area contributed by atoms with Crippen LogP contribution in [-0.2, 0) is 20.7 Å². The van der Waals surface area contributed by atoms with Gasteiger partial charge in [0.2, 0.25) is 0 Å². The van der Waals surface area contributed by atoms with Crippen LogP contribution in [-0.4, -0.2) is 75.2 Å². The summed E-state index contributed by atoms with van der Waals surface area (Å²) in [5.41, 5.74) is 4.40. The van der Waals surface area contributed by atoms with Gasteiger partial charge < -0.3 is 25.3 Å². The molecule has 34 heavy (non-hydrogen) atoms. The highest BCUT2D eigenvalue weighted by atomic mass is 16.5. The summed E-state index contributed by atoms with van der Waals surface area (Å²) in [5.74, 6) is -1.22. The standard InChI is InChI=1S/C26H33N5O3/c1-30(2)21-9-7-19(8-10-21)24(31-13-15-34-16-14-31)18-29-26(33)25(32)27-12-11-20-17-28-23-6-4-3-5-22(20)23/h3-10,17,24,28H,11-16,18H2,1-2H3,(H,27,32)(H,29,33). The number of hydrogen-bond acceptors (Lipinski definition) is 5. The Bertz CT molecular complexity index is 1100. The summed E-state index contributed by atoms with van der Waals surface area (Å²) in [6.07, 6.45) is 2.60. The van der Waals surface area contributed by atoms with Gasteiger partial charge in [-0.05, 0) is 35.7 Å². The molecular weight excluding hydrogens is 430 g/mol. The number of carbonyl (C=O) groups is 2. The molecule has 2 heterocycles. The average molecular weight is 464 g/mol. The van der Waals surface area contributed by atoms with E-state index in [1.807, 2.05) is 44.6 Å². The number of nitrogens with one attached hydrogen (secondary N) is 3. The number of carbonyl (C=O) groups excluding carboxylic acids is 2. The zero-order chi connectivity index (χ0) is 23.9. The zero-order valence-corrected chi connectivity index (χ0v) is 19.8. The van der Waals surface area contributed by atoms with Crippen LogP contribution >= 0.6 is 0 Å². The predicted molar refractivity (Wildman–Crippen MR) is 134 cm³/mol. The summed E-state index contributed by atoms with van der Waals surface area (Å²) >= 11 is 0. The molecule has 0 radical (unpaired) electrons. The number of para-hydroxylation sites is 1. The van der Waals surface area contributed by atoms with Crippen molar-refractivity contribution in [2.24, 2.45) is 0 Å². The number of ether oxygens (including phenoxy) is 1. The van der Waals surface area contributed by atoms with E-state index in [-0.39, 0.29) is 6.04 Å². The Morgan fingerprint density at radius 1 is 1.03 bits per heavy atom. The second kappa shape index (κ2) is 11.2. The monoisotopic (exact) mass is 463 g/mol. The number of benzene rings is 2. The van der Waals surface area contributed by atoms with Gasteiger partial charge in [0.15, 0.2) is 0 Å². The summed E-state index contributed by atoms with van der Waals surface area (Å²) in [4.78, 5) is 32.5. The molecule has 8 nitrogen and oxygen atoms in total. The molecular formula is C26H33N5O3. The van der Waals surface area contributed by atoms with Gasteiger partial charge in [-0.1, -0.05) is 30.3 Å². The summed E-state index contributed by atoms with van der Waals surface area (Å²) in [6, 6.07) is 16.3. The number of fused-ring (bicyclic) bond motifs is 1. The summed E-state index contributed by atoms with van der Waals surface area (Å²) in [6.45, 7) is 3.64. The van der Waals surface area contributed by atoms with E-state index in [1.165, 1.54) is 0 Å². The lowest BCUT2D eigenvalue weighted by molar-refractivity contribution is -0.139. The van der Waals surface area contributed by atoms with Crippen LogP contribution in [0.5, 0.6) is 0 Å². The lowest BCUT2D eigenvalue weighted by atomic mass is 10.0. The molecule has 3 N–H and O–H groups in total. The van der Waals surface area contributed by atoms with E-state index in [4.69, 9.17) is 4.74 Å². The Hall–Kier alpha value is -3.36. The van der Waals surface area contributed by atoms with E-state index in [0.29, 0.717) is 32.7 Å². The molecule has 0 bridgehead atoms. The third kappa shape index (κ3) is 5.76. The fourth-order valence-corrected chi connectivity index (χ4v) is 4.34. The topological polar surface area (TPSA) is 89.7 Å². The number of hydrogen-bond donors (Lipinski definition) is 3. The van der Waals surface area contributed by atoms with Crippen LogP contribution in [0.2, 0.25) is 0 Å². The number of amides is 2. The molecule has 8 heteroatoms. The van der Waals surface area contributed by atoms with Gasteiger partial charge in [-0.15, -0.1) is 0 Å². The van der Waals surface area contributed by atoms with E-state index in [1.54, 1.807) is 0 Å². The highest BCUT2D eigenvalue weighted by Crippen LogP contribution is 2.24. The Labute approximate surface area is 200 Å². The maximum absolute atomic E-state index is 12.5. The highest BCUT2D eigenvalue weighted by Gasteiger charge is 2.24. The van der Waals surface area contributed by atoms with Crippen molar-refractivity contribution in [1.29, 1.82) is 0 Å². The third-order valence-electron chi connectivity index (χ3n) is 6.30. The first-order valence-electron chi connectivity index (χ1n) is 11.7. The Morgan fingerprint density at radius 3 is 2.47 bits per heavy atom. The second-order valence-electron chi connectivity index (χ2n) is 8.73. The number of nitrogens with zero attached hydrogens (tertiary/aromatic N) is 2. The summed E-state index contributed by atoms with van der Waals surface area (Å²) in [5, 5.41) is 6.72. The molecule has 0 saturated carbocycles.